The Bertz CT molecular complexity index is 310. The van der Waals surface area contributed by atoms with Gasteiger partial charge in [0.25, 0.3) is 0 Å². The summed E-state index contributed by atoms with van der Waals surface area (Å²) in [6.07, 6.45) is 0. The van der Waals surface area contributed by atoms with Gasteiger partial charge in [-0.3, -0.25) is 0 Å². The molecule has 1 nitrogen and oxygen atoms in total. The summed E-state index contributed by atoms with van der Waals surface area (Å²) < 4.78 is 13.4. The molecule has 0 aliphatic carbocycles. The Hall–Kier alpha value is -0.600. The van der Waals surface area contributed by atoms with Crippen molar-refractivity contribution in [2.45, 2.75) is 19.3 Å². The first kappa shape index (κ1) is 10.5. The lowest BCUT2D eigenvalue weighted by Crippen LogP contribution is -2.23. The summed E-state index contributed by atoms with van der Waals surface area (Å²) in [6.45, 7) is 3.42. The third-order valence-corrected chi connectivity index (χ3v) is 2.37. The van der Waals surface area contributed by atoms with Crippen LogP contribution >= 0.6 is 11.6 Å². The number of aliphatic hydroxyl groups excluding tert-OH is 1. The zero-order valence-corrected chi connectivity index (χ0v) is 8.40. The van der Waals surface area contributed by atoms with E-state index in [4.69, 9.17) is 16.7 Å². The van der Waals surface area contributed by atoms with Crippen molar-refractivity contribution >= 4 is 11.6 Å². The van der Waals surface area contributed by atoms with Crippen LogP contribution in [0.1, 0.15) is 19.4 Å². The number of halogens is 2. The van der Waals surface area contributed by atoms with Gasteiger partial charge in [-0.15, -0.1) is 0 Å². The standard InChI is InChI=1S/C10H12ClFO/c1-10(2,6-13)7-4-3-5-8(11)9(7)12/h3-5,13H,6H2,1-2H3. The van der Waals surface area contributed by atoms with E-state index in [1.165, 1.54) is 6.07 Å². The van der Waals surface area contributed by atoms with Gasteiger partial charge in [0.2, 0.25) is 0 Å². The second-order valence-electron chi connectivity index (χ2n) is 3.64. The Kier molecular flexibility index (Phi) is 2.94. The Morgan fingerprint density at radius 3 is 2.62 bits per heavy atom. The lowest BCUT2D eigenvalue weighted by atomic mass is 9.85. The summed E-state index contributed by atoms with van der Waals surface area (Å²) in [4.78, 5) is 0. The maximum Gasteiger partial charge on any atom is 0.145 e. The van der Waals surface area contributed by atoms with Crippen LogP contribution in [0.3, 0.4) is 0 Å². The van der Waals surface area contributed by atoms with Gasteiger partial charge in [0.05, 0.1) is 11.6 Å². The van der Waals surface area contributed by atoms with Crippen LogP contribution in [0, 0.1) is 5.82 Å². The molecular formula is C10H12ClFO. The second-order valence-corrected chi connectivity index (χ2v) is 4.05. The van der Waals surface area contributed by atoms with Gasteiger partial charge in [0, 0.05) is 5.41 Å². The predicted octanol–water partition coefficient (Wildman–Crippen LogP) is 2.75. The molecule has 0 saturated carbocycles. The number of hydrogen-bond acceptors (Lipinski definition) is 1. The van der Waals surface area contributed by atoms with Gasteiger partial charge in [0.15, 0.2) is 0 Å². The fourth-order valence-corrected chi connectivity index (χ4v) is 1.29. The monoisotopic (exact) mass is 202 g/mol. The van der Waals surface area contributed by atoms with Gasteiger partial charge in [-0.25, -0.2) is 4.39 Å². The third kappa shape index (κ3) is 2.01. The molecule has 0 bridgehead atoms. The van der Waals surface area contributed by atoms with Crippen molar-refractivity contribution in [1.29, 1.82) is 0 Å². The number of rotatable bonds is 2. The van der Waals surface area contributed by atoms with Gasteiger partial charge in [-0.05, 0) is 11.6 Å². The molecule has 0 aliphatic rings. The van der Waals surface area contributed by atoms with Crippen molar-refractivity contribution in [3.8, 4) is 0 Å². The molecule has 0 amide bonds. The fourth-order valence-electron chi connectivity index (χ4n) is 1.11. The molecule has 72 valence electrons. The van der Waals surface area contributed by atoms with Crippen LogP contribution in [0.5, 0.6) is 0 Å². The van der Waals surface area contributed by atoms with Crippen LogP contribution in [-0.2, 0) is 5.41 Å². The molecule has 1 aromatic carbocycles. The van der Waals surface area contributed by atoms with E-state index >= 15 is 0 Å². The molecule has 1 N–H and O–H groups in total. The molecule has 0 radical (unpaired) electrons. The lowest BCUT2D eigenvalue weighted by molar-refractivity contribution is 0.215. The summed E-state index contributed by atoms with van der Waals surface area (Å²) in [7, 11) is 0. The van der Waals surface area contributed by atoms with Crippen LogP contribution < -0.4 is 0 Å². The molecule has 3 heteroatoms. The summed E-state index contributed by atoms with van der Waals surface area (Å²) in [5, 5.41) is 9.15. The van der Waals surface area contributed by atoms with Crippen LogP contribution in [0.4, 0.5) is 4.39 Å². The van der Waals surface area contributed by atoms with Crippen molar-refractivity contribution in [2.75, 3.05) is 6.61 Å². The quantitative estimate of drug-likeness (QED) is 0.782. The van der Waals surface area contributed by atoms with Crippen molar-refractivity contribution in [3.05, 3.63) is 34.6 Å². The highest BCUT2D eigenvalue weighted by Crippen LogP contribution is 2.28. The van der Waals surface area contributed by atoms with E-state index in [-0.39, 0.29) is 11.6 Å². The van der Waals surface area contributed by atoms with E-state index in [0.29, 0.717) is 5.56 Å². The molecule has 0 aromatic heterocycles. The third-order valence-electron chi connectivity index (χ3n) is 2.08. The summed E-state index contributed by atoms with van der Waals surface area (Å²) in [6, 6.07) is 4.81. The molecule has 0 heterocycles. The Labute approximate surface area is 82.2 Å². The summed E-state index contributed by atoms with van der Waals surface area (Å²) >= 11 is 5.62. The molecule has 1 aromatic rings. The van der Waals surface area contributed by atoms with E-state index < -0.39 is 11.2 Å². The van der Waals surface area contributed by atoms with Crippen molar-refractivity contribution < 1.29 is 9.50 Å². The first-order valence-electron chi connectivity index (χ1n) is 4.04. The van der Waals surface area contributed by atoms with Crippen LogP contribution in [0.25, 0.3) is 0 Å². The molecular weight excluding hydrogens is 191 g/mol. The number of aliphatic hydroxyl groups is 1. The normalized spacial score (nSPS) is 11.8. The Morgan fingerprint density at radius 1 is 1.46 bits per heavy atom. The summed E-state index contributed by atoms with van der Waals surface area (Å²) in [5.41, 5.74) is -0.142. The molecule has 13 heavy (non-hydrogen) atoms. The van der Waals surface area contributed by atoms with E-state index in [1.807, 2.05) is 0 Å². The minimum absolute atomic E-state index is 0.0963. The molecule has 0 unspecified atom stereocenters. The zero-order chi connectivity index (χ0) is 10.1. The smallest absolute Gasteiger partial charge is 0.145 e. The highest BCUT2D eigenvalue weighted by molar-refractivity contribution is 6.30. The Balaban J connectivity index is 3.22. The highest BCUT2D eigenvalue weighted by atomic mass is 35.5. The molecule has 0 aliphatic heterocycles. The number of benzene rings is 1. The van der Waals surface area contributed by atoms with E-state index in [2.05, 4.69) is 0 Å². The first-order valence-corrected chi connectivity index (χ1v) is 4.42. The van der Waals surface area contributed by atoms with Gasteiger partial charge in [0.1, 0.15) is 5.82 Å². The Morgan fingerprint density at radius 2 is 2.08 bits per heavy atom. The maximum atomic E-state index is 13.4. The fraction of sp³-hybridized carbons (Fsp3) is 0.400. The lowest BCUT2D eigenvalue weighted by Gasteiger charge is -2.22. The first-order chi connectivity index (χ1) is 5.99. The summed E-state index contributed by atoms with van der Waals surface area (Å²) in [5.74, 6) is -0.441. The SMILES string of the molecule is CC(C)(CO)c1cccc(Cl)c1F. The van der Waals surface area contributed by atoms with E-state index in [9.17, 15) is 4.39 Å². The van der Waals surface area contributed by atoms with E-state index in [1.54, 1.807) is 26.0 Å². The largest absolute Gasteiger partial charge is 0.395 e. The minimum Gasteiger partial charge on any atom is -0.395 e. The van der Waals surface area contributed by atoms with Crippen LogP contribution in [-0.4, -0.2) is 11.7 Å². The van der Waals surface area contributed by atoms with Crippen LogP contribution in [0.2, 0.25) is 5.02 Å². The molecule has 0 atom stereocenters. The van der Waals surface area contributed by atoms with Gasteiger partial charge in [-0.1, -0.05) is 37.6 Å². The predicted molar refractivity (Wildman–Crippen MR) is 51.5 cm³/mol. The number of hydrogen-bond donors (Lipinski definition) is 1. The molecule has 0 spiro atoms. The zero-order valence-electron chi connectivity index (χ0n) is 7.64. The van der Waals surface area contributed by atoms with Crippen molar-refractivity contribution in [2.24, 2.45) is 0 Å². The molecule has 0 fully saturated rings. The molecule has 0 saturated heterocycles. The second kappa shape index (κ2) is 3.64. The van der Waals surface area contributed by atoms with Crippen LogP contribution in [0.15, 0.2) is 18.2 Å². The topological polar surface area (TPSA) is 20.2 Å². The average molecular weight is 203 g/mol. The maximum absolute atomic E-state index is 13.4. The van der Waals surface area contributed by atoms with Crippen molar-refractivity contribution in [3.63, 3.8) is 0 Å². The highest BCUT2D eigenvalue weighted by Gasteiger charge is 2.23. The van der Waals surface area contributed by atoms with Gasteiger partial charge < -0.3 is 5.11 Å². The molecule has 1 rings (SSSR count). The minimum atomic E-state index is -0.588. The van der Waals surface area contributed by atoms with E-state index in [0.717, 1.165) is 0 Å². The van der Waals surface area contributed by atoms with Gasteiger partial charge in [-0.2, -0.15) is 0 Å². The average Bonchev–Trinajstić information content (AvgIpc) is 2.09. The van der Waals surface area contributed by atoms with Crippen molar-refractivity contribution in [1.82, 2.24) is 0 Å². The van der Waals surface area contributed by atoms with Gasteiger partial charge >= 0.3 is 0 Å².